The van der Waals surface area contributed by atoms with Gasteiger partial charge in [0.1, 0.15) is 11.5 Å². The number of rotatable bonds is 2. The van der Waals surface area contributed by atoms with Gasteiger partial charge in [-0.2, -0.15) is 0 Å². The molecular weight excluding hydrogens is 198 g/mol. The van der Waals surface area contributed by atoms with Gasteiger partial charge in [-0.25, -0.2) is 8.78 Å². The Bertz CT molecular complexity index is 373. The number of anilines is 1. The van der Waals surface area contributed by atoms with E-state index in [9.17, 15) is 8.78 Å². The van der Waals surface area contributed by atoms with Crippen LogP contribution in [0.4, 0.5) is 14.5 Å². The van der Waals surface area contributed by atoms with Gasteiger partial charge >= 0.3 is 0 Å². The summed E-state index contributed by atoms with van der Waals surface area (Å²) in [6.07, 6.45) is 1.54. The van der Waals surface area contributed by atoms with E-state index < -0.39 is 11.6 Å². The molecule has 1 aliphatic rings. The fourth-order valence-corrected chi connectivity index (χ4v) is 1.77. The summed E-state index contributed by atoms with van der Waals surface area (Å²) < 4.78 is 26.9. The molecule has 1 saturated carbocycles. The summed E-state index contributed by atoms with van der Waals surface area (Å²) >= 11 is 0. The molecule has 0 atom stereocenters. The van der Waals surface area contributed by atoms with E-state index in [-0.39, 0.29) is 17.8 Å². The van der Waals surface area contributed by atoms with Gasteiger partial charge in [-0.3, -0.25) is 0 Å². The lowest BCUT2D eigenvalue weighted by Gasteiger charge is -2.34. The Morgan fingerprint density at radius 2 is 2.00 bits per heavy atom. The molecule has 0 heterocycles. The molecule has 1 fully saturated rings. The minimum Gasteiger partial charge on any atom is -0.377 e. The first kappa shape index (κ1) is 10.4. The highest BCUT2D eigenvalue weighted by atomic mass is 19.1. The third-order valence-corrected chi connectivity index (χ3v) is 2.81. The molecule has 0 spiro atoms. The largest absolute Gasteiger partial charge is 0.377 e. The van der Waals surface area contributed by atoms with Crippen molar-refractivity contribution in [1.82, 2.24) is 0 Å². The third kappa shape index (κ3) is 1.95. The molecule has 0 aliphatic heterocycles. The highest BCUT2D eigenvalue weighted by molar-refractivity contribution is 5.50. The van der Waals surface area contributed by atoms with Crippen molar-refractivity contribution in [3.8, 4) is 0 Å². The summed E-state index contributed by atoms with van der Waals surface area (Å²) in [4.78, 5) is 0. The van der Waals surface area contributed by atoms with Crippen LogP contribution in [0, 0.1) is 18.6 Å². The molecule has 0 saturated heterocycles. The van der Waals surface area contributed by atoms with Gasteiger partial charge in [0.25, 0.3) is 0 Å². The molecule has 4 heteroatoms. The second-order valence-corrected chi connectivity index (χ2v) is 4.13. The third-order valence-electron chi connectivity index (χ3n) is 2.81. The molecule has 0 amide bonds. The molecule has 2 rings (SSSR count). The minimum absolute atomic E-state index is 0.0214. The molecule has 1 aromatic carbocycles. The average molecular weight is 212 g/mol. The van der Waals surface area contributed by atoms with E-state index in [2.05, 4.69) is 5.32 Å². The summed E-state index contributed by atoms with van der Waals surface area (Å²) in [5, 5.41) is 2.86. The van der Waals surface area contributed by atoms with Crippen LogP contribution in [-0.2, 0) is 0 Å². The van der Waals surface area contributed by atoms with Crippen LogP contribution in [0.2, 0.25) is 0 Å². The van der Waals surface area contributed by atoms with Crippen LogP contribution < -0.4 is 11.1 Å². The van der Waals surface area contributed by atoms with E-state index in [1.165, 1.54) is 12.1 Å². The molecule has 15 heavy (non-hydrogen) atoms. The first-order valence-electron chi connectivity index (χ1n) is 5.04. The maximum atomic E-state index is 13.5. The van der Waals surface area contributed by atoms with Crippen LogP contribution in [0.1, 0.15) is 18.4 Å². The summed E-state index contributed by atoms with van der Waals surface area (Å²) in [5.74, 6) is -1.05. The number of nitrogens with one attached hydrogen (secondary N) is 1. The molecule has 1 aliphatic carbocycles. The average Bonchev–Trinajstić information content (AvgIpc) is 2.15. The Morgan fingerprint density at radius 3 is 2.60 bits per heavy atom. The van der Waals surface area contributed by atoms with Gasteiger partial charge in [0.05, 0.1) is 0 Å². The smallest absolute Gasteiger partial charge is 0.152 e. The van der Waals surface area contributed by atoms with Gasteiger partial charge in [-0.1, -0.05) is 6.07 Å². The highest BCUT2D eigenvalue weighted by Gasteiger charge is 2.27. The van der Waals surface area contributed by atoms with Crippen molar-refractivity contribution in [3.05, 3.63) is 29.3 Å². The van der Waals surface area contributed by atoms with Gasteiger partial charge in [0, 0.05) is 12.1 Å². The van der Waals surface area contributed by atoms with Crippen LogP contribution in [0.25, 0.3) is 0 Å². The van der Waals surface area contributed by atoms with E-state index in [1.54, 1.807) is 6.92 Å². The normalized spacial score (nSPS) is 24.8. The van der Waals surface area contributed by atoms with E-state index in [0.29, 0.717) is 5.56 Å². The van der Waals surface area contributed by atoms with Crippen molar-refractivity contribution in [1.29, 1.82) is 0 Å². The fraction of sp³-hybridized carbons (Fsp3) is 0.455. The Labute approximate surface area is 87.5 Å². The van der Waals surface area contributed by atoms with Crippen molar-refractivity contribution in [2.45, 2.75) is 31.8 Å². The maximum absolute atomic E-state index is 13.5. The predicted octanol–water partition coefficient (Wildman–Crippen LogP) is 2.17. The lowest BCUT2D eigenvalue weighted by Crippen LogP contribution is -2.44. The molecule has 0 aromatic heterocycles. The van der Waals surface area contributed by atoms with Crippen molar-refractivity contribution < 1.29 is 8.78 Å². The maximum Gasteiger partial charge on any atom is 0.152 e. The topological polar surface area (TPSA) is 38.0 Å². The molecule has 2 nitrogen and oxygen atoms in total. The standard InChI is InChI=1S/C11H14F2N2/c1-6-2-3-9(12)11(10(6)13)15-8-4-7(14)5-8/h2-3,7-8,15H,4-5,14H2,1H3. The van der Waals surface area contributed by atoms with Crippen LogP contribution in [0.15, 0.2) is 12.1 Å². The van der Waals surface area contributed by atoms with Crippen LogP contribution in [-0.4, -0.2) is 12.1 Å². The molecule has 0 radical (unpaired) electrons. The van der Waals surface area contributed by atoms with Gasteiger partial charge in [0.15, 0.2) is 5.82 Å². The van der Waals surface area contributed by atoms with Crippen LogP contribution >= 0.6 is 0 Å². The van der Waals surface area contributed by atoms with E-state index in [0.717, 1.165) is 12.8 Å². The minimum atomic E-state index is -0.543. The number of aryl methyl sites for hydroxylation is 1. The van der Waals surface area contributed by atoms with Crippen molar-refractivity contribution >= 4 is 5.69 Å². The van der Waals surface area contributed by atoms with Gasteiger partial charge in [-0.05, 0) is 31.4 Å². The Balaban J connectivity index is 2.16. The van der Waals surface area contributed by atoms with Crippen LogP contribution in [0.3, 0.4) is 0 Å². The monoisotopic (exact) mass is 212 g/mol. The predicted molar refractivity (Wildman–Crippen MR) is 55.7 cm³/mol. The number of hydrogen-bond acceptors (Lipinski definition) is 2. The second kappa shape index (κ2) is 3.77. The van der Waals surface area contributed by atoms with Crippen molar-refractivity contribution in [2.24, 2.45) is 5.73 Å². The zero-order valence-corrected chi connectivity index (χ0v) is 8.56. The number of halogens is 2. The molecule has 0 unspecified atom stereocenters. The van der Waals surface area contributed by atoms with E-state index >= 15 is 0 Å². The summed E-state index contributed by atoms with van der Waals surface area (Å²) in [7, 11) is 0. The fourth-order valence-electron chi connectivity index (χ4n) is 1.77. The van der Waals surface area contributed by atoms with Gasteiger partial charge < -0.3 is 11.1 Å². The number of nitrogens with two attached hydrogens (primary N) is 1. The molecular formula is C11H14F2N2. The van der Waals surface area contributed by atoms with Gasteiger partial charge in [-0.15, -0.1) is 0 Å². The first-order valence-corrected chi connectivity index (χ1v) is 5.04. The summed E-state index contributed by atoms with van der Waals surface area (Å²) in [6, 6.07) is 2.98. The lowest BCUT2D eigenvalue weighted by molar-refractivity contribution is 0.371. The molecule has 82 valence electrons. The lowest BCUT2D eigenvalue weighted by atomic mass is 9.87. The number of benzene rings is 1. The Kier molecular flexibility index (Phi) is 2.61. The molecule has 0 bridgehead atoms. The highest BCUT2D eigenvalue weighted by Crippen LogP contribution is 2.27. The quantitative estimate of drug-likeness (QED) is 0.788. The zero-order valence-electron chi connectivity index (χ0n) is 8.56. The van der Waals surface area contributed by atoms with Gasteiger partial charge in [0.2, 0.25) is 0 Å². The van der Waals surface area contributed by atoms with Crippen LogP contribution in [0.5, 0.6) is 0 Å². The van der Waals surface area contributed by atoms with E-state index in [4.69, 9.17) is 5.73 Å². The van der Waals surface area contributed by atoms with Crippen molar-refractivity contribution in [2.75, 3.05) is 5.32 Å². The first-order chi connectivity index (χ1) is 7.08. The second-order valence-electron chi connectivity index (χ2n) is 4.13. The zero-order chi connectivity index (χ0) is 11.0. The molecule has 3 N–H and O–H groups in total. The van der Waals surface area contributed by atoms with Crippen molar-refractivity contribution in [3.63, 3.8) is 0 Å². The Hall–Kier alpha value is -1.16. The molecule has 1 aromatic rings. The summed E-state index contributed by atoms with van der Waals surface area (Å²) in [6.45, 7) is 1.62. The Morgan fingerprint density at radius 1 is 1.33 bits per heavy atom. The van der Waals surface area contributed by atoms with E-state index in [1.807, 2.05) is 0 Å². The number of hydrogen-bond donors (Lipinski definition) is 2. The summed E-state index contributed by atoms with van der Waals surface area (Å²) in [5.41, 5.74) is 6.03. The SMILES string of the molecule is Cc1ccc(F)c(NC2CC(N)C2)c1F.